The molecule has 124 valence electrons. The van der Waals surface area contributed by atoms with E-state index in [-0.39, 0.29) is 18.2 Å². The number of aryl methyl sites for hydroxylation is 1. The van der Waals surface area contributed by atoms with Gasteiger partial charge in [-0.15, -0.1) is 11.3 Å². The number of nitrogens with zero attached hydrogens (tertiary/aromatic N) is 1. The van der Waals surface area contributed by atoms with Gasteiger partial charge in [0.1, 0.15) is 5.75 Å². The van der Waals surface area contributed by atoms with Crippen LogP contribution in [0.4, 0.5) is 5.13 Å². The molecule has 2 aromatic rings. The minimum atomic E-state index is -0.647. The van der Waals surface area contributed by atoms with Crippen molar-refractivity contribution in [3.8, 4) is 17.0 Å². The number of hydrogen-bond acceptors (Lipinski definition) is 5. The van der Waals surface area contributed by atoms with Crippen molar-refractivity contribution >= 4 is 22.4 Å². The minimum Gasteiger partial charge on any atom is -0.496 e. The van der Waals surface area contributed by atoms with Gasteiger partial charge in [-0.2, -0.15) is 0 Å². The zero-order chi connectivity index (χ0) is 17.0. The summed E-state index contributed by atoms with van der Waals surface area (Å²) in [6.07, 6.45) is -0.577. The number of amides is 1. The molecule has 1 amide bonds. The predicted octanol–water partition coefficient (Wildman–Crippen LogP) is 3.47. The number of nitrogens with one attached hydrogen (secondary N) is 1. The van der Waals surface area contributed by atoms with Crippen molar-refractivity contribution in [1.82, 2.24) is 4.98 Å². The Kier molecular flexibility index (Phi) is 5.74. The summed E-state index contributed by atoms with van der Waals surface area (Å²) in [5, 5.41) is 14.9. The molecule has 0 aliphatic heterocycles. The second-order valence-electron chi connectivity index (χ2n) is 5.81. The summed E-state index contributed by atoms with van der Waals surface area (Å²) in [4.78, 5) is 16.4. The van der Waals surface area contributed by atoms with Gasteiger partial charge in [0, 0.05) is 10.9 Å². The van der Waals surface area contributed by atoms with Crippen LogP contribution in [0.15, 0.2) is 23.6 Å². The molecule has 1 heterocycles. The molecule has 5 nitrogen and oxygen atoms in total. The van der Waals surface area contributed by atoms with Crippen LogP contribution in [0, 0.1) is 12.8 Å². The third-order valence-corrected chi connectivity index (χ3v) is 4.30. The van der Waals surface area contributed by atoms with Crippen molar-refractivity contribution in [3.63, 3.8) is 0 Å². The molecule has 0 fully saturated rings. The van der Waals surface area contributed by atoms with Crippen LogP contribution < -0.4 is 10.1 Å². The van der Waals surface area contributed by atoms with Crippen molar-refractivity contribution in [2.75, 3.05) is 12.4 Å². The number of rotatable bonds is 6. The van der Waals surface area contributed by atoms with E-state index in [4.69, 9.17) is 4.74 Å². The van der Waals surface area contributed by atoms with Gasteiger partial charge < -0.3 is 15.2 Å². The maximum atomic E-state index is 11.9. The fourth-order valence-electron chi connectivity index (χ4n) is 2.07. The number of thiazole rings is 1. The summed E-state index contributed by atoms with van der Waals surface area (Å²) in [6.45, 7) is 5.76. The SMILES string of the molecule is COc1ccc(C)cc1-c1csc(NC(=O)CC(O)C(C)C)n1. The Balaban J connectivity index is 2.12. The van der Waals surface area contributed by atoms with Crippen LogP contribution in [0.1, 0.15) is 25.8 Å². The smallest absolute Gasteiger partial charge is 0.228 e. The third-order valence-electron chi connectivity index (χ3n) is 3.55. The Morgan fingerprint density at radius 3 is 2.83 bits per heavy atom. The Morgan fingerprint density at radius 1 is 1.43 bits per heavy atom. The van der Waals surface area contributed by atoms with Gasteiger partial charge in [0.25, 0.3) is 0 Å². The van der Waals surface area contributed by atoms with E-state index in [9.17, 15) is 9.90 Å². The van der Waals surface area contributed by atoms with Gasteiger partial charge in [-0.25, -0.2) is 4.98 Å². The number of methoxy groups -OCH3 is 1. The number of carbonyl (C=O) groups is 1. The normalized spacial score (nSPS) is 12.3. The molecule has 0 bridgehead atoms. The lowest BCUT2D eigenvalue weighted by molar-refractivity contribution is -0.118. The van der Waals surface area contributed by atoms with Gasteiger partial charge in [0.05, 0.1) is 25.3 Å². The van der Waals surface area contributed by atoms with Crippen LogP contribution >= 0.6 is 11.3 Å². The standard InChI is InChI=1S/C17H22N2O3S/c1-10(2)14(20)8-16(21)19-17-18-13(9-23-17)12-7-11(3)5-6-15(12)22-4/h5-7,9-10,14,20H,8H2,1-4H3,(H,18,19,21). The first-order valence-corrected chi connectivity index (χ1v) is 8.37. The molecule has 23 heavy (non-hydrogen) atoms. The highest BCUT2D eigenvalue weighted by Gasteiger charge is 2.16. The lowest BCUT2D eigenvalue weighted by Gasteiger charge is -2.13. The fraction of sp³-hybridized carbons (Fsp3) is 0.412. The van der Waals surface area contributed by atoms with Gasteiger partial charge >= 0.3 is 0 Å². The molecule has 2 N–H and O–H groups in total. The van der Waals surface area contributed by atoms with E-state index in [1.807, 2.05) is 44.4 Å². The Hall–Kier alpha value is -1.92. The van der Waals surface area contributed by atoms with Crippen molar-refractivity contribution in [2.45, 2.75) is 33.3 Å². The zero-order valence-electron chi connectivity index (χ0n) is 13.8. The van der Waals surface area contributed by atoms with E-state index in [0.29, 0.717) is 5.13 Å². The average molecular weight is 334 g/mol. The molecule has 2 rings (SSSR count). The topological polar surface area (TPSA) is 71.5 Å². The highest BCUT2D eigenvalue weighted by atomic mass is 32.1. The number of hydrogen-bond donors (Lipinski definition) is 2. The van der Waals surface area contributed by atoms with Crippen molar-refractivity contribution < 1.29 is 14.6 Å². The summed E-state index contributed by atoms with van der Waals surface area (Å²) >= 11 is 1.35. The molecular formula is C17H22N2O3S. The van der Waals surface area contributed by atoms with E-state index < -0.39 is 6.10 Å². The van der Waals surface area contributed by atoms with E-state index in [1.165, 1.54) is 11.3 Å². The molecule has 0 aliphatic carbocycles. The molecule has 1 aromatic carbocycles. The molecule has 0 saturated heterocycles. The van der Waals surface area contributed by atoms with E-state index >= 15 is 0 Å². The third kappa shape index (κ3) is 4.53. The first-order valence-electron chi connectivity index (χ1n) is 7.49. The number of anilines is 1. The first-order chi connectivity index (χ1) is 10.9. The molecule has 6 heteroatoms. The predicted molar refractivity (Wildman–Crippen MR) is 92.9 cm³/mol. The van der Waals surface area contributed by atoms with Crippen molar-refractivity contribution in [3.05, 3.63) is 29.1 Å². The molecule has 1 atom stereocenters. The maximum Gasteiger partial charge on any atom is 0.228 e. The average Bonchev–Trinajstić information content (AvgIpc) is 2.95. The Bertz CT molecular complexity index is 682. The highest BCUT2D eigenvalue weighted by molar-refractivity contribution is 7.14. The number of aliphatic hydroxyl groups excluding tert-OH is 1. The second-order valence-corrected chi connectivity index (χ2v) is 6.66. The van der Waals surface area contributed by atoms with Crippen LogP contribution in [0.3, 0.4) is 0 Å². The lowest BCUT2D eigenvalue weighted by Crippen LogP contribution is -2.23. The van der Waals surface area contributed by atoms with Crippen LogP contribution in [-0.4, -0.2) is 29.2 Å². The first kappa shape index (κ1) is 17.4. The van der Waals surface area contributed by atoms with E-state index in [2.05, 4.69) is 10.3 Å². The molecule has 0 saturated carbocycles. The van der Waals surface area contributed by atoms with Gasteiger partial charge in [-0.1, -0.05) is 25.5 Å². The monoisotopic (exact) mass is 334 g/mol. The number of aliphatic hydroxyl groups is 1. The van der Waals surface area contributed by atoms with Gasteiger partial charge in [-0.3, -0.25) is 4.79 Å². The number of carbonyl (C=O) groups excluding carboxylic acids is 1. The number of benzene rings is 1. The van der Waals surface area contributed by atoms with Gasteiger partial charge in [0.2, 0.25) is 5.91 Å². The summed E-state index contributed by atoms with van der Waals surface area (Å²) in [6, 6.07) is 5.88. The van der Waals surface area contributed by atoms with Crippen LogP contribution in [-0.2, 0) is 4.79 Å². The minimum absolute atomic E-state index is 0.0455. The summed E-state index contributed by atoms with van der Waals surface area (Å²) in [7, 11) is 1.62. The largest absolute Gasteiger partial charge is 0.496 e. The number of ether oxygens (including phenoxy) is 1. The van der Waals surface area contributed by atoms with Crippen molar-refractivity contribution in [1.29, 1.82) is 0 Å². The molecule has 1 unspecified atom stereocenters. The summed E-state index contributed by atoms with van der Waals surface area (Å²) < 4.78 is 5.37. The summed E-state index contributed by atoms with van der Waals surface area (Å²) in [5.74, 6) is 0.557. The van der Waals surface area contributed by atoms with Crippen LogP contribution in [0.5, 0.6) is 5.75 Å². The molecular weight excluding hydrogens is 312 g/mol. The van der Waals surface area contributed by atoms with Crippen molar-refractivity contribution in [2.24, 2.45) is 5.92 Å². The fourth-order valence-corrected chi connectivity index (χ4v) is 2.80. The summed E-state index contributed by atoms with van der Waals surface area (Å²) in [5.41, 5.74) is 2.76. The van der Waals surface area contributed by atoms with Gasteiger partial charge in [0.15, 0.2) is 5.13 Å². The van der Waals surface area contributed by atoms with E-state index in [0.717, 1.165) is 22.6 Å². The highest BCUT2D eigenvalue weighted by Crippen LogP contribution is 2.33. The zero-order valence-corrected chi connectivity index (χ0v) is 14.6. The molecule has 0 spiro atoms. The second kappa shape index (κ2) is 7.57. The van der Waals surface area contributed by atoms with Crippen LogP contribution in [0.25, 0.3) is 11.3 Å². The van der Waals surface area contributed by atoms with Crippen LogP contribution in [0.2, 0.25) is 0 Å². The molecule has 1 aromatic heterocycles. The Labute approximate surface area is 140 Å². The maximum absolute atomic E-state index is 11.9. The Morgan fingerprint density at radius 2 is 2.17 bits per heavy atom. The van der Waals surface area contributed by atoms with Gasteiger partial charge in [-0.05, 0) is 25.0 Å². The van der Waals surface area contributed by atoms with E-state index in [1.54, 1.807) is 7.11 Å². The quantitative estimate of drug-likeness (QED) is 0.848. The molecule has 0 aliphatic rings. The molecule has 0 radical (unpaired) electrons. The number of aromatic nitrogens is 1. The lowest BCUT2D eigenvalue weighted by atomic mass is 10.0.